The highest BCUT2D eigenvalue weighted by Crippen LogP contribution is 2.11. The number of anilines is 1. The molecule has 0 heterocycles. The van der Waals surface area contributed by atoms with Crippen LogP contribution in [0.15, 0.2) is 24.3 Å². The first-order valence-corrected chi connectivity index (χ1v) is 8.13. The van der Waals surface area contributed by atoms with E-state index < -0.39 is 29.8 Å². The predicted molar refractivity (Wildman–Crippen MR) is 94.2 cm³/mol. The van der Waals surface area contributed by atoms with Crippen LogP contribution in [0.1, 0.15) is 32.3 Å². The smallest absolute Gasteiger partial charge is 0.247 e. The van der Waals surface area contributed by atoms with Gasteiger partial charge in [-0.2, -0.15) is 0 Å². The average Bonchev–Trinajstić information content (AvgIpc) is 2.59. The van der Waals surface area contributed by atoms with Gasteiger partial charge in [0.25, 0.3) is 0 Å². The summed E-state index contributed by atoms with van der Waals surface area (Å²) in [4.78, 5) is 35.8. The van der Waals surface area contributed by atoms with Gasteiger partial charge in [-0.25, -0.2) is 0 Å². The van der Waals surface area contributed by atoms with E-state index in [1.54, 1.807) is 24.3 Å². The summed E-state index contributed by atoms with van der Waals surface area (Å²) in [5, 5.41) is 14.1. The monoisotopic (exact) mass is 350 g/mol. The Labute approximate surface area is 147 Å². The summed E-state index contributed by atoms with van der Waals surface area (Å²) in [6.45, 7) is 3.62. The first kappa shape index (κ1) is 20.6. The molecule has 8 nitrogen and oxygen atoms in total. The Morgan fingerprint density at radius 1 is 1.16 bits per heavy atom. The van der Waals surface area contributed by atoms with Gasteiger partial charge in [-0.1, -0.05) is 32.4 Å². The van der Waals surface area contributed by atoms with E-state index in [1.807, 2.05) is 13.8 Å². The molecule has 0 saturated heterocycles. The second-order valence-corrected chi connectivity index (χ2v) is 5.99. The van der Waals surface area contributed by atoms with Gasteiger partial charge in [0.15, 0.2) is 0 Å². The van der Waals surface area contributed by atoms with Crippen LogP contribution < -0.4 is 22.1 Å². The molecule has 0 aliphatic rings. The van der Waals surface area contributed by atoms with Crippen LogP contribution in [-0.2, 0) is 21.0 Å². The maximum absolute atomic E-state index is 12.4. The summed E-state index contributed by atoms with van der Waals surface area (Å²) >= 11 is 0. The van der Waals surface area contributed by atoms with Gasteiger partial charge in [-0.05, 0) is 23.6 Å². The molecule has 0 spiro atoms. The minimum Gasteiger partial charge on any atom is -0.392 e. The zero-order chi connectivity index (χ0) is 19.0. The Morgan fingerprint density at radius 3 is 2.24 bits per heavy atom. The van der Waals surface area contributed by atoms with Gasteiger partial charge in [0.2, 0.25) is 17.7 Å². The van der Waals surface area contributed by atoms with Crippen molar-refractivity contribution < 1.29 is 19.5 Å². The van der Waals surface area contributed by atoms with Crippen LogP contribution in [0.4, 0.5) is 5.69 Å². The summed E-state index contributed by atoms with van der Waals surface area (Å²) < 4.78 is 0. The summed E-state index contributed by atoms with van der Waals surface area (Å²) in [5.41, 5.74) is 12.2. The number of carbonyl (C=O) groups is 3. The van der Waals surface area contributed by atoms with Crippen molar-refractivity contribution in [2.24, 2.45) is 17.4 Å². The highest BCUT2D eigenvalue weighted by Gasteiger charge is 2.27. The van der Waals surface area contributed by atoms with Gasteiger partial charge in [0, 0.05) is 5.69 Å². The lowest BCUT2D eigenvalue weighted by atomic mass is 9.99. The molecule has 3 atom stereocenters. The van der Waals surface area contributed by atoms with Gasteiger partial charge in [-0.3, -0.25) is 14.4 Å². The number of nitrogens with one attached hydrogen (secondary N) is 2. The molecule has 1 rings (SSSR count). The zero-order valence-corrected chi connectivity index (χ0v) is 14.5. The number of rotatable bonds is 9. The molecule has 138 valence electrons. The number of hydrogen-bond acceptors (Lipinski definition) is 5. The van der Waals surface area contributed by atoms with E-state index in [4.69, 9.17) is 16.6 Å². The summed E-state index contributed by atoms with van der Waals surface area (Å²) in [6.07, 6.45) is 0.373. The lowest BCUT2D eigenvalue weighted by Crippen LogP contribution is -2.52. The Balaban J connectivity index is 2.80. The Morgan fingerprint density at radius 2 is 1.76 bits per heavy atom. The van der Waals surface area contributed by atoms with Gasteiger partial charge < -0.3 is 27.2 Å². The van der Waals surface area contributed by atoms with Crippen molar-refractivity contribution in [1.82, 2.24) is 5.32 Å². The molecule has 0 aliphatic heterocycles. The molecule has 7 N–H and O–H groups in total. The predicted octanol–water partition coefficient (Wildman–Crippen LogP) is -0.149. The van der Waals surface area contributed by atoms with E-state index in [1.165, 1.54) is 0 Å². The van der Waals surface area contributed by atoms with Crippen LogP contribution in [0.3, 0.4) is 0 Å². The fraction of sp³-hybridized carbons (Fsp3) is 0.471. The van der Waals surface area contributed by atoms with Gasteiger partial charge in [-0.15, -0.1) is 0 Å². The maximum Gasteiger partial charge on any atom is 0.247 e. The molecule has 1 aromatic carbocycles. The summed E-state index contributed by atoms with van der Waals surface area (Å²) in [6, 6.07) is 4.62. The fourth-order valence-electron chi connectivity index (χ4n) is 2.11. The van der Waals surface area contributed by atoms with E-state index in [-0.39, 0.29) is 18.9 Å². The van der Waals surface area contributed by atoms with Gasteiger partial charge in [0.05, 0.1) is 19.1 Å². The molecule has 0 aliphatic carbocycles. The molecular formula is C17H26N4O4. The van der Waals surface area contributed by atoms with Crippen molar-refractivity contribution in [3.05, 3.63) is 29.8 Å². The fourth-order valence-corrected chi connectivity index (χ4v) is 2.11. The molecule has 0 aromatic heterocycles. The minimum absolute atomic E-state index is 0.0664. The number of aliphatic hydroxyl groups excluding tert-OH is 1. The molecule has 3 unspecified atom stereocenters. The Kier molecular flexibility index (Phi) is 8.03. The van der Waals surface area contributed by atoms with Crippen LogP contribution in [0.25, 0.3) is 0 Å². The van der Waals surface area contributed by atoms with E-state index in [0.717, 1.165) is 0 Å². The SMILES string of the molecule is CCC(C)C(N)C(=O)NC(CC(N)=O)C(=O)Nc1ccc(CO)cc1. The maximum atomic E-state index is 12.4. The van der Waals surface area contributed by atoms with Crippen molar-refractivity contribution in [3.8, 4) is 0 Å². The number of aliphatic hydroxyl groups is 1. The zero-order valence-electron chi connectivity index (χ0n) is 14.5. The second kappa shape index (κ2) is 9.75. The Hall–Kier alpha value is -2.45. The lowest BCUT2D eigenvalue weighted by molar-refractivity contribution is -0.129. The summed E-state index contributed by atoms with van der Waals surface area (Å²) in [7, 11) is 0. The van der Waals surface area contributed by atoms with Crippen LogP contribution in [-0.4, -0.2) is 34.9 Å². The van der Waals surface area contributed by atoms with E-state index >= 15 is 0 Å². The van der Waals surface area contributed by atoms with E-state index in [0.29, 0.717) is 17.7 Å². The molecule has 3 amide bonds. The van der Waals surface area contributed by atoms with Crippen molar-refractivity contribution in [1.29, 1.82) is 0 Å². The summed E-state index contributed by atoms with van der Waals surface area (Å²) in [5.74, 6) is -1.86. The molecule has 0 saturated carbocycles. The standard InChI is InChI=1S/C17H26N4O4/c1-3-10(2)15(19)17(25)21-13(8-14(18)23)16(24)20-12-6-4-11(9-22)5-7-12/h4-7,10,13,15,22H,3,8-9,19H2,1-2H3,(H2,18,23)(H,20,24)(H,21,25). The topological polar surface area (TPSA) is 148 Å². The average molecular weight is 350 g/mol. The van der Waals surface area contributed by atoms with E-state index in [9.17, 15) is 14.4 Å². The number of amides is 3. The quantitative estimate of drug-likeness (QED) is 0.420. The highest BCUT2D eigenvalue weighted by atomic mass is 16.3. The number of hydrogen-bond donors (Lipinski definition) is 5. The van der Waals surface area contributed by atoms with Crippen molar-refractivity contribution in [2.45, 2.75) is 45.4 Å². The molecule has 0 bridgehead atoms. The number of primary amides is 1. The third-order valence-electron chi connectivity index (χ3n) is 4.00. The van der Waals surface area contributed by atoms with Crippen LogP contribution in [0, 0.1) is 5.92 Å². The molecule has 0 fully saturated rings. The number of carbonyl (C=O) groups excluding carboxylic acids is 3. The molecule has 0 radical (unpaired) electrons. The van der Waals surface area contributed by atoms with Gasteiger partial charge in [0.1, 0.15) is 6.04 Å². The highest BCUT2D eigenvalue weighted by molar-refractivity contribution is 6.00. The first-order valence-electron chi connectivity index (χ1n) is 8.13. The first-order chi connectivity index (χ1) is 11.8. The van der Waals surface area contributed by atoms with Crippen molar-refractivity contribution in [2.75, 3.05) is 5.32 Å². The largest absolute Gasteiger partial charge is 0.392 e. The number of nitrogens with two attached hydrogens (primary N) is 2. The molecule has 8 heteroatoms. The third-order valence-corrected chi connectivity index (χ3v) is 4.00. The second-order valence-electron chi connectivity index (χ2n) is 5.99. The van der Waals surface area contributed by atoms with Crippen molar-refractivity contribution >= 4 is 23.4 Å². The number of benzene rings is 1. The molecule has 25 heavy (non-hydrogen) atoms. The Bertz CT molecular complexity index is 603. The van der Waals surface area contributed by atoms with Crippen molar-refractivity contribution in [3.63, 3.8) is 0 Å². The van der Waals surface area contributed by atoms with E-state index in [2.05, 4.69) is 10.6 Å². The molecule has 1 aromatic rings. The normalized spacial score (nSPS) is 14.2. The van der Waals surface area contributed by atoms with Crippen LogP contribution in [0.2, 0.25) is 0 Å². The minimum atomic E-state index is -1.11. The van der Waals surface area contributed by atoms with Crippen LogP contribution >= 0.6 is 0 Å². The third kappa shape index (κ3) is 6.52. The van der Waals surface area contributed by atoms with Gasteiger partial charge >= 0.3 is 0 Å². The lowest BCUT2D eigenvalue weighted by Gasteiger charge is -2.22. The molecular weight excluding hydrogens is 324 g/mol. The van der Waals surface area contributed by atoms with Crippen LogP contribution in [0.5, 0.6) is 0 Å².